The van der Waals surface area contributed by atoms with E-state index >= 15 is 0 Å². The zero-order valence-electron chi connectivity index (χ0n) is 62.3. The quantitative estimate of drug-likeness (QED) is 0.0368. The summed E-state index contributed by atoms with van der Waals surface area (Å²) < 4.78 is 0. The van der Waals surface area contributed by atoms with E-state index in [-0.39, 0.29) is 123 Å². The Bertz CT molecular complexity index is 1710. The molecular weight excluding hydrogens is 1130 g/mol. The van der Waals surface area contributed by atoms with E-state index in [1.54, 1.807) is 0 Å². The second-order valence-corrected chi connectivity index (χ2v) is 30.4. The first kappa shape index (κ1) is 98.6. The van der Waals surface area contributed by atoms with Gasteiger partial charge in [-0.1, -0.05) is 119 Å². The third-order valence-electron chi connectivity index (χ3n) is 11.3. The standard InChI is InChI=1S/3C11H24N2O.C10H22N2O.C9H20N2O.C8H18N2O.C7H16N2O2/c3*1-5-6-7-8-9(12)10(14)13-11(2,3)4;1-5-6-7-8(11)9(13)12-10(2,3)4;1-5-6-7(10)8(12)11-9(2,3)4;1-5-6(9)7(11)10-8(2,3)4;1-7(2,3)9-6(11)5(8)4-10/h3*9H,5-8,12H2,1-4H3,(H,13,14);8H,5-7,11H2,1-4H3,(H,12,13);7H,5-6,10H2,1-4H3,(H,11,12);6H,5,9H2,1-4H3,(H,10,11);5,10H,4,8H2,1-3H3,(H,9,11)/t3*9-;;;;5-/m100...0/s1. The van der Waals surface area contributed by atoms with Crippen LogP contribution < -0.4 is 77.4 Å². The van der Waals surface area contributed by atoms with Gasteiger partial charge in [-0.05, 0) is 184 Å². The Balaban J connectivity index is -0.000000177. The van der Waals surface area contributed by atoms with E-state index in [1.807, 2.05) is 159 Å². The van der Waals surface area contributed by atoms with E-state index < -0.39 is 6.04 Å². The number of carbonyl (C=O) groups is 7. The summed E-state index contributed by atoms with van der Waals surface area (Å²) >= 11 is 0. The lowest BCUT2D eigenvalue weighted by molar-refractivity contribution is -0.125. The molecule has 0 aromatic carbocycles. The zero-order chi connectivity index (χ0) is 72.0. The summed E-state index contributed by atoms with van der Waals surface area (Å²) in [5, 5.41) is 28.3. The van der Waals surface area contributed by atoms with Crippen LogP contribution in [0.15, 0.2) is 0 Å². The first-order valence-corrected chi connectivity index (χ1v) is 33.2. The van der Waals surface area contributed by atoms with E-state index in [2.05, 4.69) is 64.9 Å². The molecule has 0 aliphatic rings. The van der Waals surface area contributed by atoms with Crippen molar-refractivity contribution in [3.63, 3.8) is 0 Å². The minimum atomic E-state index is -0.811. The number of rotatable bonds is 26. The molecule has 534 valence electrons. The fraction of sp³-hybridized carbons (Fsp3) is 0.896. The lowest BCUT2D eigenvalue weighted by atomic mass is 10.1. The molecule has 0 aliphatic heterocycles. The van der Waals surface area contributed by atoms with Crippen molar-refractivity contribution in [2.24, 2.45) is 40.1 Å². The number of nitrogens with two attached hydrogens (primary N) is 7. The molecule has 0 saturated heterocycles. The van der Waals surface area contributed by atoms with Gasteiger partial charge in [-0.3, -0.25) is 33.6 Å². The Labute approximate surface area is 545 Å². The fourth-order valence-electron chi connectivity index (χ4n) is 6.74. The summed E-state index contributed by atoms with van der Waals surface area (Å²) in [6.45, 7) is 52.9. The van der Waals surface area contributed by atoms with Gasteiger partial charge in [0.2, 0.25) is 41.4 Å². The molecule has 22 heteroatoms. The molecule has 0 aliphatic carbocycles. The Morgan fingerprint density at radius 3 is 0.584 bits per heavy atom. The van der Waals surface area contributed by atoms with Crippen LogP contribution in [0, 0.1) is 0 Å². The zero-order valence-corrected chi connectivity index (χ0v) is 62.3. The minimum absolute atomic E-state index is 0.0337. The maximum Gasteiger partial charge on any atom is 0.239 e. The maximum absolute atomic E-state index is 11.5. The van der Waals surface area contributed by atoms with Gasteiger partial charge in [0.15, 0.2) is 0 Å². The summed E-state index contributed by atoms with van der Waals surface area (Å²) in [6, 6.07) is -2.92. The van der Waals surface area contributed by atoms with Crippen LogP contribution in [0.3, 0.4) is 0 Å². The number of carbonyl (C=O) groups excluding carboxylic acids is 7. The molecule has 0 saturated carbocycles. The van der Waals surface area contributed by atoms with Crippen molar-refractivity contribution in [2.45, 2.75) is 384 Å². The van der Waals surface area contributed by atoms with Gasteiger partial charge in [0.05, 0.1) is 42.9 Å². The van der Waals surface area contributed by atoms with E-state index in [0.717, 1.165) is 109 Å². The molecule has 3 unspecified atom stereocenters. The monoisotopic (exact) mass is 1280 g/mol. The molecule has 89 heavy (non-hydrogen) atoms. The fourth-order valence-corrected chi connectivity index (χ4v) is 6.74. The van der Waals surface area contributed by atoms with Crippen molar-refractivity contribution >= 4 is 41.4 Å². The van der Waals surface area contributed by atoms with E-state index in [0.29, 0.717) is 6.42 Å². The predicted octanol–water partition coefficient (Wildman–Crippen LogP) is 7.73. The number of aliphatic hydroxyl groups excluding tert-OH is 1. The molecule has 0 fully saturated rings. The highest BCUT2D eigenvalue weighted by Crippen LogP contribution is 2.09. The second kappa shape index (κ2) is 51.5. The van der Waals surface area contributed by atoms with Gasteiger partial charge >= 0.3 is 0 Å². The topological polar surface area (TPSA) is 406 Å². The lowest BCUT2D eigenvalue weighted by Gasteiger charge is -2.23. The average molecular weight is 1280 g/mol. The van der Waals surface area contributed by atoms with E-state index in [9.17, 15) is 33.6 Å². The molecule has 0 spiro atoms. The number of aliphatic hydroxyl groups is 1. The Morgan fingerprint density at radius 2 is 0.427 bits per heavy atom. The van der Waals surface area contributed by atoms with Crippen LogP contribution in [0.25, 0.3) is 0 Å². The van der Waals surface area contributed by atoms with Crippen LogP contribution in [0.1, 0.15) is 303 Å². The van der Waals surface area contributed by atoms with Crippen molar-refractivity contribution in [1.29, 1.82) is 0 Å². The Morgan fingerprint density at radius 1 is 0.258 bits per heavy atom. The van der Waals surface area contributed by atoms with Crippen LogP contribution in [0.4, 0.5) is 0 Å². The van der Waals surface area contributed by atoms with Crippen LogP contribution in [0.2, 0.25) is 0 Å². The van der Waals surface area contributed by atoms with Gasteiger partial charge < -0.3 is 82.5 Å². The molecule has 7 amide bonds. The number of amides is 7. The van der Waals surface area contributed by atoms with Crippen LogP contribution >= 0.6 is 0 Å². The normalized spacial score (nSPS) is 14.0. The van der Waals surface area contributed by atoms with Gasteiger partial charge in [0, 0.05) is 38.8 Å². The van der Waals surface area contributed by atoms with Gasteiger partial charge in [-0.25, -0.2) is 0 Å². The second-order valence-electron chi connectivity index (χ2n) is 30.4. The molecule has 22 N–H and O–H groups in total. The van der Waals surface area contributed by atoms with Crippen molar-refractivity contribution in [1.82, 2.24) is 37.2 Å². The average Bonchev–Trinajstić information content (AvgIpc) is 3.35. The first-order valence-electron chi connectivity index (χ1n) is 33.2. The summed E-state index contributed by atoms with van der Waals surface area (Å²) in [5.74, 6) is -0.582. The van der Waals surface area contributed by atoms with Crippen molar-refractivity contribution in [3.8, 4) is 0 Å². The highest BCUT2D eigenvalue weighted by atomic mass is 16.3. The maximum atomic E-state index is 11.5. The van der Waals surface area contributed by atoms with Crippen LogP contribution in [0.5, 0.6) is 0 Å². The largest absolute Gasteiger partial charge is 0.394 e. The highest BCUT2D eigenvalue weighted by Gasteiger charge is 2.24. The van der Waals surface area contributed by atoms with Crippen LogP contribution in [-0.2, 0) is 33.6 Å². The Hall–Kier alpha value is -4.03. The lowest BCUT2D eigenvalue weighted by Crippen LogP contribution is -2.50. The molecule has 7 atom stereocenters. The van der Waals surface area contributed by atoms with Gasteiger partial charge in [-0.2, -0.15) is 0 Å². The molecule has 0 heterocycles. The third-order valence-corrected chi connectivity index (χ3v) is 11.3. The third kappa shape index (κ3) is 78.1. The highest BCUT2D eigenvalue weighted by molar-refractivity contribution is 5.84. The summed E-state index contributed by atoms with van der Waals surface area (Å²) in [4.78, 5) is 79.4. The number of hydrogen-bond donors (Lipinski definition) is 15. The van der Waals surface area contributed by atoms with E-state index in [1.165, 1.54) is 0 Å². The van der Waals surface area contributed by atoms with Crippen molar-refractivity contribution in [3.05, 3.63) is 0 Å². The molecule has 22 nitrogen and oxygen atoms in total. The molecule has 0 rings (SSSR count). The number of unbranched alkanes of at least 4 members (excludes halogenated alkanes) is 7. The molecular formula is C67H148N14O8. The molecule has 0 aromatic rings. The summed E-state index contributed by atoms with van der Waals surface area (Å²) in [5.41, 5.74) is 38.0. The predicted molar refractivity (Wildman–Crippen MR) is 375 cm³/mol. The van der Waals surface area contributed by atoms with Gasteiger partial charge in [-0.15, -0.1) is 0 Å². The summed E-state index contributed by atoms with van der Waals surface area (Å²) in [6.07, 6.45) is 17.6. The van der Waals surface area contributed by atoms with Crippen molar-refractivity contribution < 1.29 is 38.7 Å². The molecule has 0 aromatic heterocycles. The first-order chi connectivity index (χ1) is 40.1. The smallest absolute Gasteiger partial charge is 0.239 e. The number of hydrogen-bond acceptors (Lipinski definition) is 15. The molecule has 0 bridgehead atoms. The minimum Gasteiger partial charge on any atom is -0.394 e. The molecule has 0 radical (unpaired) electrons. The van der Waals surface area contributed by atoms with Gasteiger partial charge in [0.1, 0.15) is 6.04 Å². The van der Waals surface area contributed by atoms with Gasteiger partial charge in [0.25, 0.3) is 0 Å². The van der Waals surface area contributed by atoms with Crippen LogP contribution in [-0.4, -0.2) is 134 Å². The Kier molecular flexibility index (Phi) is 57.0. The van der Waals surface area contributed by atoms with Crippen molar-refractivity contribution in [2.75, 3.05) is 6.61 Å². The summed E-state index contributed by atoms with van der Waals surface area (Å²) in [7, 11) is 0. The SMILES string of the molecule is CC(C)(C)NC(=O)[C@@H](N)CO.CCC(N)C(=O)NC(C)(C)C.CCCC(N)C(=O)NC(C)(C)C.CCCCC(N)C(=O)NC(C)(C)C.CCCCC[C@@H](N)C(=O)NC(C)(C)C.CCCCC[C@H](N)C(=O)NC(C)(C)C.CCCCC[C@H](N)C(=O)NC(C)(C)C. The number of nitrogens with one attached hydrogen (secondary N) is 7. The van der Waals surface area contributed by atoms with E-state index in [4.69, 9.17) is 45.2 Å².